The van der Waals surface area contributed by atoms with Gasteiger partial charge in [0.15, 0.2) is 12.0 Å². The lowest BCUT2D eigenvalue weighted by Gasteiger charge is -2.15. The average Bonchev–Trinajstić information content (AvgIpc) is 2.70. The van der Waals surface area contributed by atoms with Gasteiger partial charge in [0.2, 0.25) is 0 Å². The maximum atomic E-state index is 11.0. The lowest BCUT2D eigenvalue weighted by atomic mass is 9.98. The molecule has 1 saturated carbocycles. The summed E-state index contributed by atoms with van der Waals surface area (Å²) in [4.78, 5) is 21.9. The van der Waals surface area contributed by atoms with E-state index in [0.717, 1.165) is 31.6 Å². The summed E-state index contributed by atoms with van der Waals surface area (Å²) in [6, 6.07) is 0.225. The number of carbonyl (C=O) groups excluding carboxylic acids is 1. The molecular weight excluding hydrogens is 244 g/mol. The van der Waals surface area contributed by atoms with Gasteiger partial charge in [0.25, 0.3) is 0 Å². The Bertz CT molecular complexity index is 467. The Morgan fingerprint density at radius 1 is 1.47 bits per heavy atom. The molecule has 0 saturated heterocycles. The quantitative estimate of drug-likeness (QED) is 0.670. The van der Waals surface area contributed by atoms with Gasteiger partial charge in [-0.05, 0) is 25.2 Å². The summed E-state index contributed by atoms with van der Waals surface area (Å²) in [5.74, 6) is -0.369. The standard InChI is InChI=1S/C14H20N2O3/c1-2-10-4-3-5-12(7-6-10)16-8-11(9-17)13(15-16)14(18)19/h8-10,12H,2-7H2,1H3,(H,18,19). The first-order valence-corrected chi connectivity index (χ1v) is 6.93. The Balaban J connectivity index is 2.17. The fraction of sp³-hybridized carbons (Fsp3) is 0.643. The second-order valence-electron chi connectivity index (χ2n) is 5.27. The van der Waals surface area contributed by atoms with E-state index in [0.29, 0.717) is 6.29 Å². The zero-order chi connectivity index (χ0) is 13.8. The highest BCUT2D eigenvalue weighted by Gasteiger charge is 2.22. The molecule has 104 valence electrons. The fourth-order valence-corrected chi connectivity index (χ4v) is 2.88. The van der Waals surface area contributed by atoms with Crippen molar-refractivity contribution in [2.24, 2.45) is 5.92 Å². The first kappa shape index (κ1) is 13.8. The van der Waals surface area contributed by atoms with Crippen LogP contribution < -0.4 is 0 Å². The first-order valence-electron chi connectivity index (χ1n) is 6.93. The number of nitrogens with zero attached hydrogens (tertiary/aromatic N) is 2. The first-order chi connectivity index (χ1) is 9.15. The Morgan fingerprint density at radius 2 is 2.26 bits per heavy atom. The highest BCUT2D eigenvalue weighted by molar-refractivity contribution is 5.95. The largest absolute Gasteiger partial charge is 0.476 e. The maximum absolute atomic E-state index is 11.0. The van der Waals surface area contributed by atoms with E-state index >= 15 is 0 Å². The van der Waals surface area contributed by atoms with E-state index in [1.54, 1.807) is 10.9 Å². The molecule has 0 radical (unpaired) electrons. The SMILES string of the molecule is CCC1CCCC(n2cc(C=O)c(C(=O)O)n2)CC1. The fourth-order valence-electron chi connectivity index (χ4n) is 2.88. The van der Waals surface area contributed by atoms with Crippen molar-refractivity contribution in [3.05, 3.63) is 17.5 Å². The van der Waals surface area contributed by atoms with E-state index in [4.69, 9.17) is 5.11 Å². The Kier molecular flexibility index (Phi) is 4.35. The molecule has 2 rings (SSSR count). The van der Waals surface area contributed by atoms with Crippen LogP contribution in [-0.4, -0.2) is 27.1 Å². The van der Waals surface area contributed by atoms with Gasteiger partial charge in [0.1, 0.15) is 0 Å². The smallest absolute Gasteiger partial charge is 0.357 e. The Labute approximate surface area is 112 Å². The normalized spacial score (nSPS) is 23.8. The van der Waals surface area contributed by atoms with Crippen molar-refractivity contribution >= 4 is 12.3 Å². The number of aromatic nitrogens is 2. The molecule has 2 unspecified atom stereocenters. The number of aromatic carboxylic acids is 1. The maximum Gasteiger partial charge on any atom is 0.357 e. The van der Waals surface area contributed by atoms with Gasteiger partial charge in [-0.2, -0.15) is 5.10 Å². The van der Waals surface area contributed by atoms with Crippen LogP contribution in [0.15, 0.2) is 6.20 Å². The van der Waals surface area contributed by atoms with Crippen molar-refractivity contribution in [1.82, 2.24) is 9.78 Å². The number of carboxylic acid groups (broad SMARTS) is 1. The summed E-state index contributed by atoms with van der Waals surface area (Å²) in [5, 5.41) is 13.1. The van der Waals surface area contributed by atoms with E-state index in [1.807, 2.05) is 0 Å². The molecule has 5 heteroatoms. The van der Waals surface area contributed by atoms with Crippen LogP contribution >= 0.6 is 0 Å². The summed E-state index contributed by atoms with van der Waals surface area (Å²) in [6.07, 6.45) is 8.90. The molecule has 0 aliphatic heterocycles. The second-order valence-corrected chi connectivity index (χ2v) is 5.27. The van der Waals surface area contributed by atoms with Crippen molar-refractivity contribution in [3.8, 4) is 0 Å². The van der Waals surface area contributed by atoms with Crippen LogP contribution in [0.4, 0.5) is 0 Å². The average molecular weight is 264 g/mol. The van der Waals surface area contributed by atoms with E-state index in [2.05, 4.69) is 12.0 Å². The molecule has 1 N–H and O–H groups in total. The van der Waals surface area contributed by atoms with Gasteiger partial charge in [-0.1, -0.05) is 26.2 Å². The number of hydrogen-bond donors (Lipinski definition) is 1. The third-order valence-corrected chi connectivity index (χ3v) is 4.10. The van der Waals surface area contributed by atoms with Crippen molar-refractivity contribution < 1.29 is 14.7 Å². The van der Waals surface area contributed by atoms with Gasteiger partial charge < -0.3 is 5.11 Å². The number of aldehydes is 1. The van der Waals surface area contributed by atoms with E-state index < -0.39 is 5.97 Å². The molecule has 0 bridgehead atoms. The van der Waals surface area contributed by atoms with Crippen LogP contribution in [0.1, 0.15) is 72.3 Å². The van der Waals surface area contributed by atoms with Crippen LogP contribution in [0, 0.1) is 5.92 Å². The minimum Gasteiger partial charge on any atom is -0.476 e. The second kappa shape index (κ2) is 5.99. The van der Waals surface area contributed by atoms with Crippen LogP contribution in [0.25, 0.3) is 0 Å². The zero-order valence-corrected chi connectivity index (χ0v) is 11.2. The molecule has 1 aromatic rings. The van der Waals surface area contributed by atoms with Crippen LogP contribution in [-0.2, 0) is 0 Å². The molecule has 2 atom stereocenters. The predicted octanol–water partition coefficient (Wildman–Crippen LogP) is 2.93. The van der Waals surface area contributed by atoms with Gasteiger partial charge in [0.05, 0.1) is 11.6 Å². The molecule has 1 aromatic heterocycles. The number of carboxylic acids is 1. The third kappa shape index (κ3) is 3.03. The molecule has 1 aliphatic rings. The zero-order valence-electron chi connectivity index (χ0n) is 11.2. The topological polar surface area (TPSA) is 72.2 Å². The lowest BCUT2D eigenvalue weighted by Crippen LogP contribution is -2.10. The van der Waals surface area contributed by atoms with Gasteiger partial charge in [-0.25, -0.2) is 4.79 Å². The van der Waals surface area contributed by atoms with Crippen molar-refractivity contribution in [2.75, 3.05) is 0 Å². The molecule has 1 fully saturated rings. The molecule has 0 amide bonds. The molecule has 0 spiro atoms. The van der Waals surface area contributed by atoms with E-state index in [1.165, 1.54) is 12.8 Å². The number of carbonyl (C=O) groups is 2. The van der Waals surface area contributed by atoms with Gasteiger partial charge in [0, 0.05) is 6.20 Å². The molecule has 0 aromatic carbocycles. The van der Waals surface area contributed by atoms with Crippen LogP contribution in [0.3, 0.4) is 0 Å². The molecule has 19 heavy (non-hydrogen) atoms. The lowest BCUT2D eigenvalue weighted by molar-refractivity contribution is 0.0686. The van der Waals surface area contributed by atoms with Gasteiger partial charge in [-0.15, -0.1) is 0 Å². The predicted molar refractivity (Wildman–Crippen MR) is 70.5 cm³/mol. The Hall–Kier alpha value is -1.65. The van der Waals surface area contributed by atoms with Crippen molar-refractivity contribution in [2.45, 2.75) is 51.5 Å². The highest BCUT2D eigenvalue weighted by atomic mass is 16.4. The molecule has 1 aliphatic carbocycles. The third-order valence-electron chi connectivity index (χ3n) is 4.10. The van der Waals surface area contributed by atoms with Crippen LogP contribution in [0.2, 0.25) is 0 Å². The summed E-state index contributed by atoms with van der Waals surface area (Å²) >= 11 is 0. The van der Waals surface area contributed by atoms with Crippen molar-refractivity contribution in [3.63, 3.8) is 0 Å². The Morgan fingerprint density at radius 3 is 2.84 bits per heavy atom. The minimum absolute atomic E-state index is 0.133. The van der Waals surface area contributed by atoms with E-state index in [9.17, 15) is 9.59 Å². The summed E-state index contributed by atoms with van der Waals surface area (Å²) in [7, 11) is 0. The van der Waals surface area contributed by atoms with Crippen LogP contribution in [0.5, 0.6) is 0 Å². The monoisotopic (exact) mass is 264 g/mol. The number of rotatable bonds is 4. The van der Waals surface area contributed by atoms with Gasteiger partial charge >= 0.3 is 5.97 Å². The molecule has 1 heterocycles. The molecular formula is C14H20N2O3. The summed E-state index contributed by atoms with van der Waals surface area (Å²) in [6.45, 7) is 2.21. The van der Waals surface area contributed by atoms with Crippen molar-refractivity contribution in [1.29, 1.82) is 0 Å². The summed E-state index contributed by atoms with van der Waals surface area (Å²) in [5.41, 5.74) is 0.0371. The van der Waals surface area contributed by atoms with Gasteiger partial charge in [-0.3, -0.25) is 9.48 Å². The number of hydrogen-bond acceptors (Lipinski definition) is 3. The minimum atomic E-state index is -1.14. The summed E-state index contributed by atoms with van der Waals surface area (Å²) < 4.78 is 1.69. The van der Waals surface area contributed by atoms with E-state index in [-0.39, 0.29) is 17.3 Å². The highest BCUT2D eigenvalue weighted by Crippen LogP contribution is 2.31. The molecule has 5 nitrogen and oxygen atoms in total.